The predicted molar refractivity (Wildman–Crippen MR) is 132 cm³/mol. The molecule has 0 aliphatic carbocycles. The molecular weight excluding hydrogens is 490 g/mol. The van der Waals surface area contributed by atoms with Crippen molar-refractivity contribution in [2.24, 2.45) is 0 Å². The highest BCUT2D eigenvalue weighted by Crippen LogP contribution is 2.36. The van der Waals surface area contributed by atoms with Crippen LogP contribution >= 0.6 is 11.8 Å². The molecule has 1 aliphatic rings. The van der Waals surface area contributed by atoms with Crippen molar-refractivity contribution < 1.29 is 27.6 Å². The SMILES string of the molecule is CCN1CCC(C(=O)NO)(S(=O)(=O)c2ccc(OCCCSc3nc4ccccc4o3)cc2)CC1. The van der Waals surface area contributed by atoms with Crippen LogP contribution in [0.15, 0.2) is 63.1 Å². The number of hydrogen-bond donors (Lipinski definition) is 2. The maximum absolute atomic E-state index is 13.5. The van der Waals surface area contributed by atoms with Gasteiger partial charge in [0.15, 0.2) is 20.2 Å². The number of thioether (sulfide) groups is 1. The van der Waals surface area contributed by atoms with Crippen molar-refractivity contribution in [1.29, 1.82) is 0 Å². The highest BCUT2D eigenvalue weighted by Gasteiger charge is 2.52. The highest BCUT2D eigenvalue weighted by molar-refractivity contribution is 7.99. The summed E-state index contributed by atoms with van der Waals surface area (Å²) in [7, 11) is -4.03. The molecule has 0 bridgehead atoms. The second kappa shape index (κ2) is 11.0. The third-order valence-electron chi connectivity index (χ3n) is 6.33. The van der Waals surface area contributed by atoms with Gasteiger partial charge in [-0.1, -0.05) is 30.8 Å². The standard InChI is InChI=1S/C24H29N3O6S2/c1-2-27-14-12-24(13-15-27,22(28)26-29)35(30,31)19-10-8-18(9-11-19)32-16-5-17-34-23-25-20-6-3-4-7-21(20)33-23/h3-4,6-11,29H,2,5,12-17H2,1H3,(H,26,28). The van der Waals surface area contributed by atoms with E-state index in [1.807, 2.05) is 31.2 Å². The molecule has 35 heavy (non-hydrogen) atoms. The molecule has 1 amide bonds. The molecule has 1 saturated heterocycles. The van der Waals surface area contributed by atoms with Gasteiger partial charge in [0.1, 0.15) is 11.3 Å². The van der Waals surface area contributed by atoms with E-state index in [9.17, 15) is 18.4 Å². The molecule has 9 nitrogen and oxygen atoms in total. The molecule has 3 aromatic rings. The number of nitrogens with one attached hydrogen (secondary N) is 1. The van der Waals surface area contributed by atoms with Gasteiger partial charge in [0.05, 0.1) is 11.5 Å². The molecule has 0 radical (unpaired) electrons. The number of hydrogen-bond acceptors (Lipinski definition) is 9. The maximum Gasteiger partial charge on any atom is 0.265 e. The fourth-order valence-electron chi connectivity index (χ4n) is 4.21. The van der Waals surface area contributed by atoms with E-state index in [0.29, 0.717) is 30.7 Å². The maximum atomic E-state index is 13.5. The number of fused-ring (bicyclic) bond motifs is 1. The van der Waals surface area contributed by atoms with E-state index >= 15 is 0 Å². The Hall–Kier alpha value is -2.60. The molecule has 4 rings (SSSR count). The third-order valence-corrected chi connectivity index (χ3v) is 9.76. The number of para-hydroxylation sites is 2. The lowest BCUT2D eigenvalue weighted by atomic mass is 9.95. The summed E-state index contributed by atoms with van der Waals surface area (Å²) >= 11 is 1.51. The van der Waals surface area contributed by atoms with E-state index in [4.69, 9.17) is 9.15 Å². The summed E-state index contributed by atoms with van der Waals surface area (Å²) in [6, 6.07) is 13.7. The van der Waals surface area contributed by atoms with Gasteiger partial charge >= 0.3 is 0 Å². The normalized spacial score (nSPS) is 16.3. The molecule has 2 heterocycles. The number of ether oxygens (including phenoxy) is 1. The van der Waals surface area contributed by atoms with E-state index in [2.05, 4.69) is 9.88 Å². The fourth-order valence-corrected chi connectivity index (χ4v) is 6.92. The molecule has 2 aromatic carbocycles. The number of carbonyl (C=O) groups excluding carboxylic acids is 1. The smallest absolute Gasteiger partial charge is 0.265 e. The molecule has 2 N–H and O–H groups in total. The van der Waals surface area contributed by atoms with Crippen LogP contribution in [0.3, 0.4) is 0 Å². The van der Waals surface area contributed by atoms with Crippen LogP contribution in [-0.2, 0) is 14.6 Å². The van der Waals surface area contributed by atoms with Gasteiger partial charge < -0.3 is 14.1 Å². The summed E-state index contributed by atoms with van der Waals surface area (Å²) in [5.41, 5.74) is 3.17. The van der Waals surface area contributed by atoms with E-state index in [0.717, 1.165) is 29.8 Å². The Morgan fingerprint density at radius 3 is 2.57 bits per heavy atom. The zero-order valence-electron chi connectivity index (χ0n) is 19.5. The Bertz CT molecular complexity index is 1220. The lowest BCUT2D eigenvalue weighted by molar-refractivity contribution is -0.133. The number of oxazole rings is 1. The summed E-state index contributed by atoms with van der Waals surface area (Å²) < 4.78 is 36.7. The van der Waals surface area contributed by atoms with Crippen molar-refractivity contribution in [1.82, 2.24) is 15.4 Å². The summed E-state index contributed by atoms with van der Waals surface area (Å²) in [6.07, 6.45) is 0.980. The largest absolute Gasteiger partial charge is 0.494 e. The van der Waals surface area contributed by atoms with E-state index in [1.165, 1.54) is 23.9 Å². The first-order valence-corrected chi connectivity index (χ1v) is 14.0. The van der Waals surface area contributed by atoms with Crippen LogP contribution in [0.2, 0.25) is 0 Å². The average molecular weight is 520 g/mol. The molecule has 1 fully saturated rings. The van der Waals surface area contributed by atoms with Gasteiger partial charge in [-0.15, -0.1) is 0 Å². The quantitative estimate of drug-likeness (QED) is 0.179. The van der Waals surface area contributed by atoms with E-state index < -0.39 is 20.5 Å². The van der Waals surface area contributed by atoms with Crippen molar-refractivity contribution in [3.8, 4) is 5.75 Å². The zero-order chi connectivity index (χ0) is 24.9. The van der Waals surface area contributed by atoms with E-state index in [-0.39, 0.29) is 17.7 Å². The minimum atomic E-state index is -4.03. The number of hydroxylamine groups is 1. The van der Waals surface area contributed by atoms with Crippen LogP contribution in [-0.4, -0.2) is 66.2 Å². The Kier molecular flexibility index (Phi) is 8.00. The second-order valence-corrected chi connectivity index (χ2v) is 11.6. The lowest BCUT2D eigenvalue weighted by Crippen LogP contribution is -2.57. The van der Waals surface area contributed by atoms with Gasteiger partial charge in [-0.2, -0.15) is 0 Å². The highest BCUT2D eigenvalue weighted by atomic mass is 32.2. The number of sulfone groups is 1. The van der Waals surface area contributed by atoms with Crippen LogP contribution in [0.5, 0.6) is 5.75 Å². The number of benzene rings is 2. The summed E-state index contributed by atoms with van der Waals surface area (Å²) in [6.45, 7) is 4.14. The monoisotopic (exact) mass is 519 g/mol. The van der Waals surface area contributed by atoms with Gasteiger partial charge in [-0.3, -0.25) is 10.0 Å². The Balaban J connectivity index is 1.33. The lowest BCUT2D eigenvalue weighted by Gasteiger charge is -2.39. The number of likely N-dealkylation sites (tertiary alicyclic amines) is 1. The molecule has 188 valence electrons. The van der Waals surface area contributed by atoms with Gasteiger partial charge in [-0.25, -0.2) is 18.9 Å². The van der Waals surface area contributed by atoms with Crippen LogP contribution < -0.4 is 10.2 Å². The van der Waals surface area contributed by atoms with Gasteiger partial charge in [0.25, 0.3) is 11.1 Å². The zero-order valence-corrected chi connectivity index (χ0v) is 21.1. The predicted octanol–water partition coefficient (Wildman–Crippen LogP) is 3.52. The van der Waals surface area contributed by atoms with Gasteiger partial charge in [0, 0.05) is 18.8 Å². The molecule has 1 aliphatic heterocycles. The van der Waals surface area contributed by atoms with E-state index in [1.54, 1.807) is 17.6 Å². The van der Waals surface area contributed by atoms with Crippen LogP contribution in [0.1, 0.15) is 26.2 Å². The molecule has 0 saturated carbocycles. The number of amides is 1. The fraction of sp³-hybridized carbons (Fsp3) is 0.417. The van der Waals surface area contributed by atoms with Crippen molar-refractivity contribution >= 4 is 38.6 Å². The van der Waals surface area contributed by atoms with Crippen LogP contribution in [0.4, 0.5) is 0 Å². The first-order chi connectivity index (χ1) is 16.9. The average Bonchev–Trinajstić information content (AvgIpc) is 3.31. The van der Waals surface area contributed by atoms with Crippen molar-refractivity contribution in [3.63, 3.8) is 0 Å². The second-order valence-electron chi connectivity index (χ2n) is 8.34. The van der Waals surface area contributed by atoms with Gasteiger partial charge in [-0.05, 0) is 62.2 Å². The molecular formula is C24H29N3O6S2. The number of nitrogens with zero attached hydrogens (tertiary/aromatic N) is 2. The molecule has 11 heteroatoms. The minimum Gasteiger partial charge on any atom is -0.494 e. The summed E-state index contributed by atoms with van der Waals surface area (Å²) in [4.78, 5) is 19.1. The third kappa shape index (κ3) is 5.32. The molecule has 0 atom stereocenters. The van der Waals surface area contributed by atoms with Crippen molar-refractivity contribution in [2.75, 3.05) is 32.0 Å². The Morgan fingerprint density at radius 1 is 1.20 bits per heavy atom. The van der Waals surface area contributed by atoms with Crippen LogP contribution in [0.25, 0.3) is 11.1 Å². The molecule has 0 unspecified atom stereocenters. The first kappa shape index (κ1) is 25.5. The Labute approximate surface area is 208 Å². The van der Waals surface area contributed by atoms with Crippen LogP contribution in [0, 0.1) is 0 Å². The summed E-state index contributed by atoms with van der Waals surface area (Å²) in [5.74, 6) is 0.412. The topological polar surface area (TPSA) is 122 Å². The first-order valence-electron chi connectivity index (χ1n) is 11.5. The number of carbonyl (C=O) groups is 1. The number of rotatable bonds is 10. The van der Waals surface area contributed by atoms with Gasteiger partial charge in [0.2, 0.25) is 0 Å². The Morgan fingerprint density at radius 2 is 1.91 bits per heavy atom. The molecule has 0 spiro atoms. The van der Waals surface area contributed by atoms with Crippen molar-refractivity contribution in [2.45, 2.75) is 41.1 Å². The molecule has 1 aromatic heterocycles. The minimum absolute atomic E-state index is 0.0323. The number of piperidine rings is 1. The van der Waals surface area contributed by atoms with Crippen molar-refractivity contribution in [3.05, 3.63) is 48.5 Å². The number of aromatic nitrogens is 1. The summed E-state index contributed by atoms with van der Waals surface area (Å²) in [5, 5.41) is 9.89.